The standard InChI is InChI=1S/2C9H20.C4H10.3CH4/c1-7(2)6-9(5)8(3)4;1-6-9(7(2)3)8(4)5;1-4(2)3;;;/h2*7-9H,6H2,1-5H3;4H,1-3H3;3*1H4. The van der Waals surface area contributed by atoms with E-state index in [9.17, 15) is 0 Å². The summed E-state index contributed by atoms with van der Waals surface area (Å²) >= 11 is 0. The van der Waals surface area contributed by atoms with Crippen LogP contribution in [0, 0.1) is 41.4 Å². The fourth-order valence-electron chi connectivity index (χ4n) is 2.73. The molecule has 0 aliphatic rings. The number of hydrogen-bond acceptors (Lipinski definition) is 0. The normalized spacial score (nSPS) is 11.2. The maximum Gasteiger partial charge on any atom is -0.0371 e. The zero-order valence-electron chi connectivity index (χ0n) is 18.5. The van der Waals surface area contributed by atoms with Crippen LogP contribution in [-0.4, -0.2) is 0 Å². The van der Waals surface area contributed by atoms with Crippen molar-refractivity contribution in [3.05, 3.63) is 0 Å². The lowest BCUT2D eigenvalue weighted by atomic mass is 9.84. The van der Waals surface area contributed by atoms with Gasteiger partial charge in [0.05, 0.1) is 0 Å². The Morgan fingerprint density at radius 1 is 0.520 bits per heavy atom. The molecule has 0 aliphatic carbocycles. The van der Waals surface area contributed by atoms with E-state index in [1.54, 1.807) is 0 Å². The average Bonchev–Trinajstić information content (AvgIpc) is 2.27. The first-order valence-corrected chi connectivity index (χ1v) is 9.86. The molecule has 0 aromatic carbocycles. The lowest BCUT2D eigenvalue weighted by molar-refractivity contribution is 0.279. The summed E-state index contributed by atoms with van der Waals surface area (Å²) in [6, 6.07) is 0. The molecule has 0 heterocycles. The average molecular weight is 363 g/mol. The van der Waals surface area contributed by atoms with Gasteiger partial charge in [-0.15, -0.1) is 0 Å². The summed E-state index contributed by atoms with van der Waals surface area (Å²) < 4.78 is 0. The predicted octanol–water partition coefficient (Wildman–Crippen LogP) is 10.2. The maximum atomic E-state index is 2.34. The second-order valence-electron chi connectivity index (χ2n) is 9.14. The van der Waals surface area contributed by atoms with Crippen LogP contribution in [0.25, 0.3) is 0 Å². The van der Waals surface area contributed by atoms with Gasteiger partial charge in [-0.25, -0.2) is 0 Å². The van der Waals surface area contributed by atoms with Gasteiger partial charge in [-0.2, -0.15) is 0 Å². The van der Waals surface area contributed by atoms with Gasteiger partial charge in [0.2, 0.25) is 0 Å². The Hall–Kier alpha value is 0. The molecule has 1 atom stereocenters. The van der Waals surface area contributed by atoms with Gasteiger partial charge in [-0.05, 0) is 47.8 Å². The molecule has 0 saturated heterocycles. The fraction of sp³-hybridized carbons (Fsp3) is 1.00. The molecule has 0 rings (SSSR count). The van der Waals surface area contributed by atoms with Crippen molar-refractivity contribution in [2.45, 2.75) is 125 Å². The van der Waals surface area contributed by atoms with Gasteiger partial charge in [0.15, 0.2) is 0 Å². The molecule has 162 valence electrons. The van der Waals surface area contributed by atoms with Crippen molar-refractivity contribution in [1.29, 1.82) is 0 Å². The van der Waals surface area contributed by atoms with Crippen molar-refractivity contribution in [2.24, 2.45) is 41.4 Å². The predicted molar refractivity (Wildman–Crippen MR) is 128 cm³/mol. The highest BCUT2D eigenvalue weighted by Gasteiger charge is 2.13. The third kappa shape index (κ3) is 35.9. The van der Waals surface area contributed by atoms with Crippen LogP contribution in [0.1, 0.15) is 125 Å². The molecule has 0 heteroatoms. The summed E-state index contributed by atoms with van der Waals surface area (Å²) in [6.07, 6.45) is 2.70. The minimum absolute atomic E-state index is 0. The highest BCUT2D eigenvalue weighted by molar-refractivity contribution is 4.64. The molecular formula is C25H62. The zero-order chi connectivity index (χ0) is 18.5. The van der Waals surface area contributed by atoms with Crippen LogP contribution in [0.15, 0.2) is 0 Å². The van der Waals surface area contributed by atoms with Crippen LogP contribution in [-0.2, 0) is 0 Å². The van der Waals surface area contributed by atoms with Crippen molar-refractivity contribution < 1.29 is 0 Å². The molecule has 1 unspecified atom stereocenters. The van der Waals surface area contributed by atoms with E-state index in [1.165, 1.54) is 12.8 Å². The summed E-state index contributed by atoms with van der Waals surface area (Å²) in [5.74, 6) is 6.08. The summed E-state index contributed by atoms with van der Waals surface area (Å²) in [6.45, 7) is 29.6. The quantitative estimate of drug-likeness (QED) is 0.440. The van der Waals surface area contributed by atoms with E-state index in [1.807, 2.05) is 0 Å². The van der Waals surface area contributed by atoms with Crippen molar-refractivity contribution in [3.63, 3.8) is 0 Å². The Morgan fingerprint density at radius 3 is 0.840 bits per heavy atom. The first kappa shape index (κ1) is 39.9. The number of hydrogen-bond donors (Lipinski definition) is 0. The second kappa shape index (κ2) is 24.0. The van der Waals surface area contributed by atoms with Crippen molar-refractivity contribution >= 4 is 0 Å². The third-order valence-corrected chi connectivity index (χ3v) is 4.17. The van der Waals surface area contributed by atoms with Crippen molar-refractivity contribution in [1.82, 2.24) is 0 Å². The monoisotopic (exact) mass is 362 g/mol. The molecule has 0 aromatic rings. The first-order chi connectivity index (χ1) is 9.86. The van der Waals surface area contributed by atoms with E-state index in [0.29, 0.717) is 0 Å². The molecule has 0 aromatic heterocycles. The summed E-state index contributed by atoms with van der Waals surface area (Å²) in [5.41, 5.74) is 0. The molecule has 0 nitrogen and oxygen atoms in total. The second-order valence-corrected chi connectivity index (χ2v) is 9.14. The van der Waals surface area contributed by atoms with Gasteiger partial charge >= 0.3 is 0 Å². The van der Waals surface area contributed by atoms with Gasteiger partial charge in [-0.3, -0.25) is 0 Å². The van der Waals surface area contributed by atoms with Gasteiger partial charge in [0.1, 0.15) is 0 Å². The molecule has 0 amide bonds. The molecule has 0 N–H and O–H groups in total. The summed E-state index contributed by atoms with van der Waals surface area (Å²) in [4.78, 5) is 0. The van der Waals surface area contributed by atoms with Crippen molar-refractivity contribution in [3.8, 4) is 0 Å². The SMILES string of the molecule is C.C.C.CC(C)C.CC(C)CC(C)C(C)C.CCC(C(C)C)C(C)C. The van der Waals surface area contributed by atoms with Crippen LogP contribution < -0.4 is 0 Å². The van der Waals surface area contributed by atoms with E-state index < -0.39 is 0 Å². The van der Waals surface area contributed by atoms with Gasteiger partial charge in [0, 0.05) is 0 Å². The largest absolute Gasteiger partial charge is 0.0776 e. The highest BCUT2D eigenvalue weighted by Crippen LogP contribution is 2.23. The Kier molecular flexibility index (Phi) is 38.3. The lowest BCUT2D eigenvalue weighted by Gasteiger charge is -2.22. The van der Waals surface area contributed by atoms with E-state index >= 15 is 0 Å². The van der Waals surface area contributed by atoms with E-state index in [2.05, 4.69) is 90.0 Å². The van der Waals surface area contributed by atoms with Gasteiger partial charge < -0.3 is 0 Å². The topological polar surface area (TPSA) is 0 Å². The summed E-state index contributed by atoms with van der Waals surface area (Å²) in [5, 5.41) is 0. The highest BCUT2D eigenvalue weighted by atomic mass is 14.2. The van der Waals surface area contributed by atoms with Crippen molar-refractivity contribution in [2.75, 3.05) is 0 Å². The Balaban J connectivity index is -0.0000000543. The Morgan fingerprint density at radius 2 is 0.800 bits per heavy atom. The van der Waals surface area contributed by atoms with Crippen LogP contribution in [0.5, 0.6) is 0 Å². The van der Waals surface area contributed by atoms with E-state index in [4.69, 9.17) is 0 Å². The van der Waals surface area contributed by atoms with Crippen LogP contribution in [0.3, 0.4) is 0 Å². The zero-order valence-corrected chi connectivity index (χ0v) is 18.5. The fourth-order valence-corrected chi connectivity index (χ4v) is 2.73. The minimum Gasteiger partial charge on any atom is -0.0776 e. The molecule has 0 aliphatic heterocycles. The summed E-state index contributed by atoms with van der Waals surface area (Å²) in [7, 11) is 0. The molecule has 0 spiro atoms. The molecular weight excluding hydrogens is 300 g/mol. The minimum atomic E-state index is 0. The van der Waals surface area contributed by atoms with Gasteiger partial charge in [0.25, 0.3) is 0 Å². The molecule has 0 bridgehead atoms. The maximum absolute atomic E-state index is 2.34. The van der Waals surface area contributed by atoms with Crippen LogP contribution >= 0.6 is 0 Å². The molecule has 25 heavy (non-hydrogen) atoms. The smallest absolute Gasteiger partial charge is 0.0371 e. The lowest BCUT2D eigenvalue weighted by Crippen LogP contribution is -2.13. The van der Waals surface area contributed by atoms with Gasteiger partial charge in [-0.1, -0.05) is 119 Å². The Bertz CT molecular complexity index is 187. The third-order valence-electron chi connectivity index (χ3n) is 4.17. The van der Waals surface area contributed by atoms with Crippen LogP contribution in [0.2, 0.25) is 0 Å². The Labute approximate surface area is 167 Å². The van der Waals surface area contributed by atoms with E-state index in [-0.39, 0.29) is 22.3 Å². The molecule has 0 radical (unpaired) electrons. The first-order valence-electron chi connectivity index (χ1n) is 9.86. The van der Waals surface area contributed by atoms with E-state index in [0.717, 1.165) is 41.4 Å². The number of rotatable bonds is 6. The molecule has 0 fully saturated rings. The van der Waals surface area contributed by atoms with Crippen LogP contribution in [0.4, 0.5) is 0 Å². The molecule has 0 saturated carbocycles.